The molecule has 4 rings (SSSR count). The highest BCUT2D eigenvalue weighted by atomic mass is 32.2. The maximum atomic E-state index is 12.5. The lowest BCUT2D eigenvalue weighted by atomic mass is 10.0. The van der Waals surface area contributed by atoms with Gasteiger partial charge in [-0.15, -0.1) is 11.3 Å². The van der Waals surface area contributed by atoms with Gasteiger partial charge in [-0.3, -0.25) is 4.79 Å². The average molecular weight is 386 g/mol. The van der Waals surface area contributed by atoms with Gasteiger partial charge < -0.3 is 9.64 Å². The van der Waals surface area contributed by atoms with Crippen molar-refractivity contribution in [3.63, 3.8) is 0 Å². The molecular formula is C19H19N3O2S2. The SMILES string of the molecule is Cc1sc2ncnc(SCC(=O)N3CCOCC3)c2c1-c1ccccc1. The minimum atomic E-state index is 0.137. The van der Waals surface area contributed by atoms with E-state index in [9.17, 15) is 4.79 Å². The van der Waals surface area contributed by atoms with Crippen molar-refractivity contribution in [3.8, 4) is 11.1 Å². The van der Waals surface area contributed by atoms with E-state index >= 15 is 0 Å². The largest absolute Gasteiger partial charge is 0.378 e. The van der Waals surface area contributed by atoms with Crippen LogP contribution >= 0.6 is 23.1 Å². The summed E-state index contributed by atoms with van der Waals surface area (Å²) in [6, 6.07) is 10.3. The average Bonchev–Trinajstić information content (AvgIpc) is 3.03. The van der Waals surface area contributed by atoms with E-state index in [0.29, 0.717) is 32.1 Å². The molecule has 0 atom stereocenters. The number of hydrogen-bond acceptors (Lipinski definition) is 6. The first-order valence-electron chi connectivity index (χ1n) is 8.52. The fourth-order valence-electron chi connectivity index (χ4n) is 3.11. The normalized spacial score (nSPS) is 14.7. The topological polar surface area (TPSA) is 55.3 Å². The van der Waals surface area contributed by atoms with Gasteiger partial charge in [0.25, 0.3) is 0 Å². The molecule has 0 N–H and O–H groups in total. The summed E-state index contributed by atoms with van der Waals surface area (Å²) in [7, 11) is 0. The summed E-state index contributed by atoms with van der Waals surface area (Å²) in [6.45, 7) is 4.70. The quantitative estimate of drug-likeness (QED) is 0.507. The highest BCUT2D eigenvalue weighted by molar-refractivity contribution is 8.00. The first-order chi connectivity index (χ1) is 12.7. The van der Waals surface area contributed by atoms with Crippen LogP contribution in [0.2, 0.25) is 0 Å². The zero-order valence-electron chi connectivity index (χ0n) is 14.5. The van der Waals surface area contributed by atoms with E-state index in [0.717, 1.165) is 20.8 Å². The minimum absolute atomic E-state index is 0.137. The van der Waals surface area contributed by atoms with E-state index in [1.54, 1.807) is 17.7 Å². The first-order valence-corrected chi connectivity index (χ1v) is 10.3. The van der Waals surface area contributed by atoms with Gasteiger partial charge in [-0.05, 0) is 12.5 Å². The number of benzene rings is 1. The maximum Gasteiger partial charge on any atom is 0.233 e. The van der Waals surface area contributed by atoms with Crippen molar-refractivity contribution in [1.29, 1.82) is 0 Å². The van der Waals surface area contributed by atoms with Crippen molar-refractivity contribution in [2.75, 3.05) is 32.1 Å². The smallest absolute Gasteiger partial charge is 0.233 e. The van der Waals surface area contributed by atoms with E-state index in [1.165, 1.54) is 22.2 Å². The number of rotatable bonds is 4. The van der Waals surface area contributed by atoms with Gasteiger partial charge in [0.1, 0.15) is 16.2 Å². The second-order valence-corrected chi connectivity index (χ2v) is 8.21. The Kier molecular flexibility index (Phi) is 5.19. The van der Waals surface area contributed by atoms with Crippen molar-refractivity contribution >= 4 is 39.2 Å². The number of aromatic nitrogens is 2. The maximum absolute atomic E-state index is 12.5. The van der Waals surface area contributed by atoms with Crippen molar-refractivity contribution in [2.45, 2.75) is 11.9 Å². The van der Waals surface area contributed by atoms with Gasteiger partial charge in [0.05, 0.1) is 24.4 Å². The van der Waals surface area contributed by atoms with Crippen LogP contribution in [0.5, 0.6) is 0 Å². The molecule has 3 aromatic rings. The Labute approximate surface area is 160 Å². The number of amides is 1. The van der Waals surface area contributed by atoms with Gasteiger partial charge >= 0.3 is 0 Å². The fraction of sp³-hybridized carbons (Fsp3) is 0.316. The molecule has 3 heterocycles. The number of carbonyl (C=O) groups excluding carboxylic acids is 1. The summed E-state index contributed by atoms with van der Waals surface area (Å²) in [5.41, 5.74) is 2.33. The summed E-state index contributed by atoms with van der Waals surface area (Å²) >= 11 is 3.17. The Bertz CT molecular complexity index is 921. The molecule has 1 aliphatic heterocycles. The lowest BCUT2D eigenvalue weighted by molar-refractivity contribution is -0.132. The van der Waals surface area contributed by atoms with Crippen LogP contribution in [0.1, 0.15) is 4.88 Å². The van der Waals surface area contributed by atoms with Gasteiger partial charge in [0.2, 0.25) is 5.91 Å². The molecule has 0 bridgehead atoms. The van der Waals surface area contributed by atoms with Crippen LogP contribution in [0.4, 0.5) is 0 Å². The monoisotopic (exact) mass is 385 g/mol. The van der Waals surface area contributed by atoms with Crippen molar-refractivity contribution in [3.05, 3.63) is 41.5 Å². The van der Waals surface area contributed by atoms with Crippen LogP contribution in [0.3, 0.4) is 0 Å². The molecule has 7 heteroatoms. The molecule has 0 saturated carbocycles. The van der Waals surface area contributed by atoms with Crippen LogP contribution in [0.15, 0.2) is 41.7 Å². The van der Waals surface area contributed by atoms with Crippen molar-refractivity contribution in [2.24, 2.45) is 0 Å². The van der Waals surface area contributed by atoms with Gasteiger partial charge in [0.15, 0.2) is 0 Å². The Morgan fingerprint density at radius 2 is 2.00 bits per heavy atom. The summed E-state index contributed by atoms with van der Waals surface area (Å²) in [5.74, 6) is 0.521. The first kappa shape index (κ1) is 17.5. The molecule has 5 nitrogen and oxygen atoms in total. The highest BCUT2D eigenvalue weighted by Gasteiger charge is 2.20. The third-order valence-corrected chi connectivity index (χ3v) is 6.38. The highest BCUT2D eigenvalue weighted by Crippen LogP contribution is 2.41. The Hall–Kier alpha value is -1.96. The lowest BCUT2D eigenvalue weighted by Gasteiger charge is -2.26. The molecule has 1 amide bonds. The van der Waals surface area contributed by atoms with Gasteiger partial charge in [-0.2, -0.15) is 0 Å². The van der Waals surface area contributed by atoms with Crippen molar-refractivity contribution < 1.29 is 9.53 Å². The van der Waals surface area contributed by atoms with Gasteiger partial charge in [-0.25, -0.2) is 9.97 Å². The molecular weight excluding hydrogens is 366 g/mol. The van der Waals surface area contributed by atoms with Crippen LogP contribution in [0, 0.1) is 6.92 Å². The molecule has 134 valence electrons. The Balaban J connectivity index is 1.64. The lowest BCUT2D eigenvalue weighted by Crippen LogP contribution is -2.41. The number of fused-ring (bicyclic) bond motifs is 1. The number of nitrogens with zero attached hydrogens (tertiary/aromatic N) is 3. The van der Waals surface area contributed by atoms with Crippen molar-refractivity contribution in [1.82, 2.24) is 14.9 Å². The molecule has 1 aliphatic rings. The predicted octanol–water partition coefficient (Wildman–Crippen LogP) is 3.62. The third kappa shape index (κ3) is 3.47. The summed E-state index contributed by atoms with van der Waals surface area (Å²) in [6.07, 6.45) is 1.59. The summed E-state index contributed by atoms with van der Waals surface area (Å²) in [4.78, 5) is 25.5. The standard InChI is InChI=1S/C19H19N3O2S2/c1-13-16(14-5-3-2-4-6-14)17-18(20-12-21-19(17)26-13)25-11-15(23)22-7-9-24-10-8-22/h2-6,12H,7-11H2,1H3. The number of thioether (sulfide) groups is 1. The minimum Gasteiger partial charge on any atom is -0.378 e. The zero-order valence-corrected chi connectivity index (χ0v) is 16.1. The number of ether oxygens (including phenoxy) is 1. The van der Waals surface area contributed by atoms with Crippen LogP contribution in [-0.4, -0.2) is 52.8 Å². The Morgan fingerprint density at radius 3 is 2.77 bits per heavy atom. The molecule has 2 aromatic heterocycles. The Morgan fingerprint density at radius 1 is 1.23 bits per heavy atom. The molecule has 1 fully saturated rings. The number of morpholine rings is 1. The molecule has 0 spiro atoms. The molecule has 1 saturated heterocycles. The number of thiophene rings is 1. The number of aryl methyl sites for hydroxylation is 1. The van der Waals surface area contributed by atoms with Crippen LogP contribution in [0.25, 0.3) is 21.3 Å². The van der Waals surface area contributed by atoms with Crippen LogP contribution in [-0.2, 0) is 9.53 Å². The molecule has 26 heavy (non-hydrogen) atoms. The molecule has 0 aliphatic carbocycles. The molecule has 0 radical (unpaired) electrons. The van der Waals surface area contributed by atoms with Gasteiger partial charge in [0, 0.05) is 23.5 Å². The molecule has 0 unspecified atom stereocenters. The van der Waals surface area contributed by atoms with E-state index in [1.807, 2.05) is 23.1 Å². The molecule has 1 aromatic carbocycles. The third-order valence-electron chi connectivity index (χ3n) is 4.39. The second-order valence-electron chi connectivity index (χ2n) is 6.04. The van der Waals surface area contributed by atoms with Crippen LogP contribution < -0.4 is 0 Å². The fourth-order valence-corrected chi connectivity index (χ4v) is 5.10. The summed E-state index contributed by atoms with van der Waals surface area (Å²) < 4.78 is 5.32. The van der Waals surface area contributed by atoms with Gasteiger partial charge in [-0.1, -0.05) is 42.1 Å². The van der Waals surface area contributed by atoms with E-state index in [-0.39, 0.29) is 5.91 Å². The second kappa shape index (κ2) is 7.73. The predicted molar refractivity (Wildman–Crippen MR) is 106 cm³/mol. The van der Waals surface area contributed by atoms with E-state index < -0.39 is 0 Å². The van der Waals surface area contributed by atoms with E-state index in [2.05, 4.69) is 29.0 Å². The summed E-state index contributed by atoms with van der Waals surface area (Å²) in [5, 5.41) is 1.93. The number of hydrogen-bond donors (Lipinski definition) is 0. The zero-order chi connectivity index (χ0) is 17.9. The number of carbonyl (C=O) groups is 1. The van der Waals surface area contributed by atoms with E-state index in [4.69, 9.17) is 4.74 Å².